The van der Waals surface area contributed by atoms with Gasteiger partial charge in [0.2, 0.25) is 0 Å². The summed E-state index contributed by atoms with van der Waals surface area (Å²) in [6.07, 6.45) is 4.97. The van der Waals surface area contributed by atoms with Crippen molar-refractivity contribution in [1.82, 2.24) is 0 Å². The van der Waals surface area contributed by atoms with Gasteiger partial charge in [-0.05, 0) is 25.8 Å². The summed E-state index contributed by atoms with van der Waals surface area (Å²) < 4.78 is 0. The fraction of sp³-hybridized carbons (Fsp3) is 0.500. The van der Waals surface area contributed by atoms with E-state index in [1.165, 1.54) is 5.57 Å². The summed E-state index contributed by atoms with van der Waals surface area (Å²) in [5.41, 5.74) is 7.79. The number of rotatable bonds is 2. The van der Waals surface area contributed by atoms with Crippen LogP contribution in [0.3, 0.4) is 0 Å². The van der Waals surface area contributed by atoms with E-state index in [9.17, 15) is 0 Å². The van der Waals surface area contributed by atoms with E-state index in [-0.39, 0.29) is 0 Å². The molecule has 0 heterocycles. The first-order chi connectivity index (χ1) is 4.22. The first kappa shape index (κ1) is 8.28. The summed E-state index contributed by atoms with van der Waals surface area (Å²) in [5, 5.41) is 0. The molecule has 0 saturated carbocycles. The van der Waals surface area contributed by atoms with Crippen molar-refractivity contribution in [2.45, 2.75) is 27.2 Å². The van der Waals surface area contributed by atoms with Crippen molar-refractivity contribution in [3.8, 4) is 0 Å². The predicted molar refractivity (Wildman–Crippen MR) is 42.0 cm³/mol. The van der Waals surface area contributed by atoms with Gasteiger partial charge in [0.05, 0.1) is 0 Å². The molecule has 1 nitrogen and oxygen atoms in total. The van der Waals surface area contributed by atoms with E-state index in [0.717, 1.165) is 12.1 Å². The largest absolute Gasteiger partial charge is 0.402 e. The number of hydrogen-bond donors (Lipinski definition) is 1. The van der Waals surface area contributed by atoms with Crippen LogP contribution in [0.1, 0.15) is 27.2 Å². The molecule has 0 amide bonds. The smallest absolute Gasteiger partial charge is 0.0107 e. The summed E-state index contributed by atoms with van der Waals surface area (Å²) in [7, 11) is 0. The van der Waals surface area contributed by atoms with Gasteiger partial charge in [-0.2, -0.15) is 0 Å². The molecule has 0 aliphatic carbocycles. The lowest BCUT2D eigenvalue weighted by Gasteiger charge is -1.97. The molecular weight excluding hydrogens is 110 g/mol. The van der Waals surface area contributed by atoms with Crippen molar-refractivity contribution in [1.29, 1.82) is 0 Å². The van der Waals surface area contributed by atoms with Gasteiger partial charge in [-0.1, -0.05) is 19.1 Å². The van der Waals surface area contributed by atoms with Crippen LogP contribution in [0, 0.1) is 0 Å². The molecule has 0 fully saturated rings. The molecule has 0 spiro atoms. The van der Waals surface area contributed by atoms with E-state index in [1.807, 2.05) is 26.0 Å². The minimum atomic E-state index is 0.941. The third-order valence-corrected chi connectivity index (χ3v) is 1.30. The first-order valence-electron chi connectivity index (χ1n) is 3.30. The van der Waals surface area contributed by atoms with Gasteiger partial charge in [-0.25, -0.2) is 0 Å². The van der Waals surface area contributed by atoms with E-state index in [0.29, 0.717) is 0 Å². The quantitative estimate of drug-likeness (QED) is 0.562. The number of allylic oxidation sites excluding steroid dienone is 4. The van der Waals surface area contributed by atoms with Gasteiger partial charge in [0, 0.05) is 5.70 Å². The Morgan fingerprint density at radius 3 is 2.44 bits per heavy atom. The molecule has 0 aromatic heterocycles. The molecule has 0 saturated heterocycles. The van der Waals surface area contributed by atoms with Gasteiger partial charge in [-0.3, -0.25) is 0 Å². The molecule has 0 bridgehead atoms. The van der Waals surface area contributed by atoms with Crippen LogP contribution in [0.25, 0.3) is 0 Å². The Morgan fingerprint density at radius 2 is 2.11 bits per heavy atom. The van der Waals surface area contributed by atoms with E-state index in [2.05, 4.69) is 6.92 Å². The van der Waals surface area contributed by atoms with Crippen LogP contribution < -0.4 is 5.73 Å². The summed E-state index contributed by atoms with van der Waals surface area (Å²) in [6, 6.07) is 0. The molecule has 0 aliphatic rings. The Kier molecular flexibility index (Phi) is 3.85. The van der Waals surface area contributed by atoms with Crippen LogP contribution in [-0.2, 0) is 0 Å². The predicted octanol–water partition coefficient (Wildman–Crippen LogP) is 2.21. The van der Waals surface area contributed by atoms with Gasteiger partial charge in [0.15, 0.2) is 0 Å². The van der Waals surface area contributed by atoms with Crippen LogP contribution in [0.4, 0.5) is 0 Å². The highest BCUT2D eigenvalue weighted by Crippen LogP contribution is 2.02. The van der Waals surface area contributed by atoms with Gasteiger partial charge < -0.3 is 5.73 Å². The Morgan fingerprint density at radius 1 is 1.56 bits per heavy atom. The zero-order valence-corrected chi connectivity index (χ0v) is 6.44. The summed E-state index contributed by atoms with van der Waals surface area (Å²) in [4.78, 5) is 0. The minimum Gasteiger partial charge on any atom is -0.402 e. The summed E-state index contributed by atoms with van der Waals surface area (Å²) in [5.74, 6) is 0. The summed E-state index contributed by atoms with van der Waals surface area (Å²) in [6.45, 7) is 6.08. The van der Waals surface area contributed by atoms with Crippen LogP contribution in [-0.4, -0.2) is 0 Å². The molecule has 0 aromatic rings. The maximum Gasteiger partial charge on any atom is 0.0107 e. The topological polar surface area (TPSA) is 26.0 Å². The first-order valence-corrected chi connectivity index (χ1v) is 3.30. The van der Waals surface area contributed by atoms with E-state index in [1.54, 1.807) is 0 Å². The highest BCUT2D eigenvalue weighted by molar-refractivity contribution is 5.20. The molecule has 0 rings (SSSR count). The average Bonchev–Trinajstić information content (AvgIpc) is 1.87. The zero-order valence-electron chi connectivity index (χ0n) is 6.44. The zero-order chi connectivity index (χ0) is 7.28. The second-order valence-electron chi connectivity index (χ2n) is 2.06. The Balaban J connectivity index is 4.10. The molecule has 2 N–H and O–H groups in total. The Labute approximate surface area is 57.3 Å². The lowest BCUT2D eigenvalue weighted by Crippen LogP contribution is -1.97. The van der Waals surface area contributed by atoms with Crippen molar-refractivity contribution in [3.63, 3.8) is 0 Å². The van der Waals surface area contributed by atoms with Crippen molar-refractivity contribution in [2.24, 2.45) is 5.73 Å². The van der Waals surface area contributed by atoms with Gasteiger partial charge in [0.1, 0.15) is 0 Å². The Bertz CT molecular complexity index is 132. The fourth-order valence-electron chi connectivity index (χ4n) is 0.636. The fourth-order valence-corrected chi connectivity index (χ4v) is 0.636. The van der Waals surface area contributed by atoms with Crippen LogP contribution in [0.5, 0.6) is 0 Å². The van der Waals surface area contributed by atoms with Crippen molar-refractivity contribution >= 4 is 0 Å². The van der Waals surface area contributed by atoms with Gasteiger partial charge in [-0.15, -0.1) is 0 Å². The van der Waals surface area contributed by atoms with Crippen LogP contribution in [0.2, 0.25) is 0 Å². The average molecular weight is 125 g/mol. The lowest BCUT2D eigenvalue weighted by molar-refractivity contribution is 1.04. The van der Waals surface area contributed by atoms with Crippen molar-refractivity contribution in [2.75, 3.05) is 0 Å². The second kappa shape index (κ2) is 4.19. The molecule has 1 heteroatoms. The maximum absolute atomic E-state index is 5.63. The maximum atomic E-state index is 5.63. The second-order valence-corrected chi connectivity index (χ2v) is 2.06. The van der Waals surface area contributed by atoms with E-state index >= 15 is 0 Å². The van der Waals surface area contributed by atoms with Crippen molar-refractivity contribution in [3.05, 3.63) is 23.4 Å². The Hall–Kier alpha value is -0.720. The van der Waals surface area contributed by atoms with Crippen LogP contribution >= 0.6 is 0 Å². The lowest BCUT2D eigenvalue weighted by atomic mass is 10.2. The van der Waals surface area contributed by atoms with E-state index < -0.39 is 0 Å². The molecular formula is C8H15N. The van der Waals surface area contributed by atoms with Crippen molar-refractivity contribution < 1.29 is 0 Å². The van der Waals surface area contributed by atoms with Gasteiger partial charge >= 0.3 is 0 Å². The third kappa shape index (κ3) is 2.96. The molecule has 9 heavy (non-hydrogen) atoms. The SMILES string of the molecule is C/C=C/C(C)=C(/N)CC. The standard InChI is InChI=1S/C8H15N/c1-4-6-7(3)8(9)5-2/h4,6H,5,9H2,1-3H3/b6-4+,8-7+. The molecule has 0 radical (unpaired) electrons. The molecule has 0 atom stereocenters. The molecule has 0 aromatic carbocycles. The normalized spacial score (nSPS) is 14.1. The molecule has 0 aliphatic heterocycles. The monoisotopic (exact) mass is 125 g/mol. The molecule has 52 valence electrons. The van der Waals surface area contributed by atoms with E-state index in [4.69, 9.17) is 5.73 Å². The number of nitrogens with two attached hydrogens (primary N) is 1. The minimum absolute atomic E-state index is 0.941. The highest BCUT2D eigenvalue weighted by atomic mass is 14.6. The van der Waals surface area contributed by atoms with Crippen LogP contribution in [0.15, 0.2) is 23.4 Å². The summed E-state index contributed by atoms with van der Waals surface area (Å²) >= 11 is 0. The highest BCUT2D eigenvalue weighted by Gasteiger charge is 1.87. The molecule has 0 unspecified atom stereocenters. The third-order valence-electron chi connectivity index (χ3n) is 1.30. The number of hydrogen-bond acceptors (Lipinski definition) is 1. The van der Waals surface area contributed by atoms with Gasteiger partial charge in [0.25, 0.3) is 0 Å².